The van der Waals surface area contributed by atoms with E-state index in [-0.39, 0.29) is 5.78 Å². The number of benzene rings is 3. The number of carbonyl (C=O) groups is 1. The van der Waals surface area contributed by atoms with Gasteiger partial charge in [0.1, 0.15) is 5.75 Å². The van der Waals surface area contributed by atoms with Gasteiger partial charge in [0.2, 0.25) is 0 Å². The van der Waals surface area contributed by atoms with Gasteiger partial charge in [0.25, 0.3) is 0 Å². The van der Waals surface area contributed by atoms with Crippen LogP contribution in [0.5, 0.6) is 5.75 Å². The Labute approximate surface area is 203 Å². The van der Waals surface area contributed by atoms with E-state index in [4.69, 9.17) is 4.74 Å². The number of piperidine rings is 1. The average Bonchev–Trinajstić information content (AvgIpc) is 3.20. The fraction of sp³-hybridized carbons (Fsp3) is 0.323. The topological polar surface area (TPSA) is 30.7 Å². The summed E-state index contributed by atoms with van der Waals surface area (Å²) in [5.74, 6) is 1.11. The third-order valence-corrected chi connectivity index (χ3v) is 7.31. The van der Waals surface area contributed by atoms with Crippen molar-refractivity contribution in [3.63, 3.8) is 0 Å². The maximum Gasteiger partial charge on any atom is 0.162 e. The van der Waals surface area contributed by atoms with Crippen LogP contribution in [-0.2, 0) is 0 Å². The van der Waals surface area contributed by atoms with Crippen molar-refractivity contribution >= 4 is 17.4 Å². The smallest absolute Gasteiger partial charge is 0.162 e. The molecule has 0 unspecified atom stereocenters. The molecule has 1 saturated heterocycles. The summed E-state index contributed by atoms with van der Waals surface area (Å²) >= 11 is 0. The SMILES string of the molecule is COc1ccc(/C=C2/c3ccccc3-c3ccc(C(=O)CCCC[NH+]4CCCCC4)cc32)cc1. The summed E-state index contributed by atoms with van der Waals surface area (Å²) in [4.78, 5) is 14.8. The van der Waals surface area contributed by atoms with Gasteiger partial charge in [-0.05, 0) is 89.8 Å². The highest BCUT2D eigenvalue weighted by atomic mass is 16.5. The average molecular weight is 453 g/mol. The Bertz CT molecular complexity index is 1190. The number of Topliss-reactive ketones (excluding diaryl/α,β-unsaturated/α-hetero) is 1. The molecule has 174 valence electrons. The van der Waals surface area contributed by atoms with Gasteiger partial charge in [-0.3, -0.25) is 4.79 Å². The molecule has 3 nitrogen and oxygen atoms in total. The van der Waals surface area contributed by atoms with Gasteiger partial charge in [0, 0.05) is 12.0 Å². The monoisotopic (exact) mass is 452 g/mol. The van der Waals surface area contributed by atoms with Crippen LogP contribution >= 0.6 is 0 Å². The summed E-state index contributed by atoms with van der Waals surface area (Å²) in [7, 11) is 1.68. The zero-order valence-electron chi connectivity index (χ0n) is 20.1. The Hall–Kier alpha value is -3.17. The minimum absolute atomic E-state index is 0.260. The molecule has 34 heavy (non-hydrogen) atoms. The van der Waals surface area contributed by atoms with E-state index < -0.39 is 0 Å². The van der Waals surface area contributed by atoms with Gasteiger partial charge in [0.05, 0.1) is 26.7 Å². The molecule has 1 fully saturated rings. The lowest BCUT2D eigenvalue weighted by atomic mass is 9.96. The Morgan fingerprint density at radius 3 is 2.35 bits per heavy atom. The van der Waals surface area contributed by atoms with E-state index in [0.29, 0.717) is 6.42 Å². The number of likely N-dealkylation sites (tertiary alicyclic amines) is 1. The molecular formula is C31H34NO2+. The van der Waals surface area contributed by atoms with Crippen molar-refractivity contribution in [3.05, 3.63) is 89.0 Å². The molecule has 5 rings (SSSR count). The van der Waals surface area contributed by atoms with Crippen LogP contribution in [0.4, 0.5) is 0 Å². The molecule has 3 aromatic carbocycles. The van der Waals surface area contributed by atoms with Gasteiger partial charge >= 0.3 is 0 Å². The second kappa shape index (κ2) is 10.4. The molecule has 1 N–H and O–H groups in total. The normalized spacial score (nSPS) is 16.3. The number of carbonyl (C=O) groups excluding carboxylic acids is 1. The fourth-order valence-electron chi connectivity index (χ4n) is 5.40. The van der Waals surface area contributed by atoms with Crippen LogP contribution in [-0.4, -0.2) is 32.5 Å². The van der Waals surface area contributed by atoms with Crippen molar-refractivity contribution in [2.45, 2.75) is 38.5 Å². The molecule has 0 bridgehead atoms. The predicted octanol–water partition coefficient (Wildman–Crippen LogP) is 5.69. The van der Waals surface area contributed by atoms with Gasteiger partial charge in [-0.2, -0.15) is 0 Å². The van der Waals surface area contributed by atoms with E-state index in [2.05, 4.69) is 54.6 Å². The Morgan fingerprint density at radius 2 is 1.59 bits per heavy atom. The molecule has 1 heterocycles. The van der Waals surface area contributed by atoms with Crippen LogP contribution < -0.4 is 9.64 Å². The van der Waals surface area contributed by atoms with Crippen LogP contribution in [0.2, 0.25) is 0 Å². The number of nitrogens with one attached hydrogen (secondary N) is 1. The number of hydrogen-bond acceptors (Lipinski definition) is 2. The summed E-state index contributed by atoms with van der Waals surface area (Å²) in [5, 5.41) is 0. The number of unbranched alkanes of at least 4 members (excludes halogenated alkanes) is 1. The van der Waals surface area contributed by atoms with Gasteiger partial charge in [-0.15, -0.1) is 0 Å². The number of methoxy groups -OCH3 is 1. The third kappa shape index (κ3) is 4.85. The van der Waals surface area contributed by atoms with Crippen LogP contribution in [0.3, 0.4) is 0 Å². The maximum atomic E-state index is 13.1. The van der Waals surface area contributed by atoms with Crippen LogP contribution in [0.15, 0.2) is 66.7 Å². The number of fused-ring (bicyclic) bond motifs is 3. The van der Waals surface area contributed by atoms with Crippen LogP contribution in [0.25, 0.3) is 22.8 Å². The van der Waals surface area contributed by atoms with Gasteiger partial charge in [0.15, 0.2) is 5.78 Å². The van der Waals surface area contributed by atoms with Crippen molar-refractivity contribution < 1.29 is 14.4 Å². The van der Waals surface area contributed by atoms with Crippen molar-refractivity contribution in [1.82, 2.24) is 0 Å². The highest BCUT2D eigenvalue weighted by Crippen LogP contribution is 2.45. The van der Waals surface area contributed by atoms with Gasteiger partial charge in [-0.1, -0.05) is 48.5 Å². The summed E-state index contributed by atoms with van der Waals surface area (Å²) in [6, 6.07) is 22.9. The van der Waals surface area contributed by atoms with Crippen molar-refractivity contribution in [2.24, 2.45) is 0 Å². The molecule has 0 atom stereocenters. The Balaban J connectivity index is 1.34. The summed E-state index contributed by atoms with van der Waals surface area (Å²) in [5.41, 5.74) is 7.96. The maximum absolute atomic E-state index is 13.1. The lowest BCUT2D eigenvalue weighted by molar-refractivity contribution is -0.905. The minimum Gasteiger partial charge on any atom is -0.497 e. The zero-order valence-corrected chi connectivity index (χ0v) is 20.1. The molecule has 0 amide bonds. The van der Waals surface area contributed by atoms with E-state index in [0.717, 1.165) is 35.3 Å². The van der Waals surface area contributed by atoms with Crippen molar-refractivity contribution in [2.75, 3.05) is 26.7 Å². The molecule has 1 aliphatic carbocycles. The highest BCUT2D eigenvalue weighted by molar-refractivity contribution is 6.08. The number of rotatable bonds is 8. The predicted molar refractivity (Wildman–Crippen MR) is 139 cm³/mol. The van der Waals surface area contributed by atoms with E-state index in [1.165, 1.54) is 61.2 Å². The number of ketones is 1. The van der Waals surface area contributed by atoms with E-state index in [1.807, 2.05) is 18.2 Å². The molecule has 3 aromatic rings. The first kappa shape index (κ1) is 22.6. The first-order valence-electron chi connectivity index (χ1n) is 12.7. The Morgan fingerprint density at radius 1 is 0.853 bits per heavy atom. The fourth-order valence-corrected chi connectivity index (χ4v) is 5.40. The molecule has 0 spiro atoms. The summed E-state index contributed by atoms with van der Waals surface area (Å²) in [6.07, 6.45) is 9.08. The molecule has 0 radical (unpaired) electrons. The second-order valence-electron chi connectivity index (χ2n) is 9.58. The lowest BCUT2D eigenvalue weighted by Crippen LogP contribution is -3.12. The van der Waals surface area contributed by atoms with Crippen LogP contribution in [0, 0.1) is 0 Å². The number of ether oxygens (including phenoxy) is 1. The molecule has 0 aromatic heterocycles. The first-order chi connectivity index (χ1) is 16.7. The molecule has 3 heteroatoms. The van der Waals surface area contributed by atoms with E-state index in [9.17, 15) is 4.79 Å². The van der Waals surface area contributed by atoms with Gasteiger partial charge in [-0.25, -0.2) is 0 Å². The largest absolute Gasteiger partial charge is 0.497 e. The Kier molecular flexibility index (Phi) is 6.92. The van der Waals surface area contributed by atoms with Crippen LogP contribution in [0.1, 0.15) is 65.6 Å². The van der Waals surface area contributed by atoms with E-state index in [1.54, 1.807) is 12.0 Å². The molecule has 2 aliphatic rings. The molecule has 1 aliphatic heterocycles. The first-order valence-corrected chi connectivity index (χ1v) is 12.7. The number of quaternary nitrogens is 1. The highest BCUT2D eigenvalue weighted by Gasteiger charge is 2.24. The molecular weight excluding hydrogens is 418 g/mol. The second-order valence-corrected chi connectivity index (χ2v) is 9.58. The number of hydrogen-bond donors (Lipinski definition) is 1. The van der Waals surface area contributed by atoms with Crippen molar-refractivity contribution in [1.29, 1.82) is 0 Å². The standard InChI is InChI=1S/C31H33NO2/c1-34-25-15-12-23(13-16-25)21-29-27-10-4-3-9-26(27)28-17-14-24(22-30(28)29)31(33)11-5-8-20-32-18-6-2-7-19-32/h3-4,9-10,12-17,21-22H,2,5-8,11,18-20H2,1H3/p+1/b29-21-. The minimum atomic E-state index is 0.260. The summed E-state index contributed by atoms with van der Waals surface area (Å²) in [6.45, 7) is 3.83. The summed E-state index contributed by atoms with van der Waals surface area (Å²) < 4.78 is 5.31. The quantitative estimate of drug-likeness (QED) is 0.275. The third-order valence-electron chi connectivity index (χ3n) is 7.31. The van der Waals surface area contributed by atoms with Gasteiger partial charge < -0.3 is 9.64 Å². The van der Waals surface area contributed by atoms with E-state index >= 15 is 0 Å². The zero-order chi connectivity index (χ0) is 23.3. The van der Waals surface area contributed by atoms with Crippen molar-refractivity contribution in [3.8, 4) is 16.9 Å². The molecule has 0 saturated carbocycles. The lowest BCUT2D eigenvalue weighted by Gasteiger charge is -2.23.